The first-order valence-electron chi connectivity index (χ1n) is 9.05. The lowest BCUT2D eigenvalue weighted by molar-refractivity contribution is -0.384. The van der Waals surface area contributed by atoms with E-state index in [2.05, 4.69) is 5.32 Å². The van der Waals surface area contributed by atoms with E-state index in [4.69, 9.17) is 0 Å². The second-order valence-electron chi connectivity index (χ2n) is 6.84. The number of nitrogens with one attached hydrogen (secondary N) is 1. The minimum absolute atomic E-state index is 0.0493. The Morgan fingerprint density at radius 3 is 2.46 bits per heavy atom. The van der Waals surface area contributed by atoms with Crippen LogP contribution in [0.4, 0.5) is 11.4 Å². The molecule has 1 heterocycles. The third-order valence-electron chi connectivity index (χ3n) is 5.08. The normalized spacial score (nSPS) is 22.7. The van der Waals surface area contributed by atoms with Crippen molar-refractivity contribution in [3.63, 3.8) is 0 Å². The van der Waals surface area contributed by atoms with Crippen LogP contribution in [-0.2, 0) is 9.59 Å². The summed E-state index contributed by atoms with van der Waals surface area (Å²) in [4.78, 5) is 37.9. The SMILES string of the molecule is O=C(Nc1cccc([N+](=O)[O-])c1)[C@@H]1CC=CC[C@H]1C(=O)N1CCCCC1. The van der Waals surface area contributed by atoms with Gasteiger partial charge in [-0.2, -0.15) is 0 Å². The monoisotopic (exact) mass is 357 g/mol. The van der Waals surface area contributed by atoms with Gasteiger partial charge in [0.2, 0.25) is 11.8 Å². The Balaban J connectivity index is 1.71. The van der Waals surface area contributed by atoms with Crippen molar-refractivity contribution < 1.29 is 14.5 Å². The summed E-state index contributed by atoms with van der Waals surface area (Å²) in [6.45, 7) is 1.52. The number of carbonyl (C=O) groups excluding carboxylic acids is 2. The van der Waals surface area contributed by atoms with Crippen LogP contribution in [-0.4, -0.2) is 34.7 Å². The van der Waals surface area contributed by atoms with Crippen molar-refractivity contribution in [1.82, 2.24) is 4.90 Å². The summed E-state index contributed by atoms with van der Waals surface area (Å²) in [5.41, 5.74) is 0.301. The summed E-state index contributed by atoms with van der Waals surface area (Å²) >= 11 is 0. The van der Waals surface area contributed by atoms with E-state index in [1.54, 1.807) is 6.07 Å². The molecule has 1 saturated heterocycles. The summed E-state index contributed by atoms with van der Waals surface area (Å²) < 4.78 is 0. The van der Waals surface area contributed by atoms with Gasteiger partial charge in [-0.3, -0.25) is 19.7 Å². The van der Waals surface area contributed by atoms with Crippen LogP contribution in [0.2, 0.25) is 0 Å². The van der Waals surface area contributed by atoms with Gasteiger partial charge in [-0.15, -0.1) is 0 Å². The number of nitrogens with zero attached hydrogens (tertiary/aromatic N) is 2. The van der Waals surface area contributed by atoms with Crippen LogP contribution in [0.1, 0.15) is 32.1 Å². The number of amides is 2. The molecule has 1 fully saturated rings. The topological polar surface area (TPSA) is 92.5 Å². The fourth-order valence-corrected chi connectivity index (χ4v) is 3.66. The lowest BCUT2D eigenvalue weighted by Gasteiger charge is -2.34. The quantitative estimate of drug-likeness (QED) is 0.509. The van der Waals surface area contributed by atoms with Gasteiger partial charge in [0.1, 0.15) is 0 Å². The highest BCUT2D eigenvalue weighted by molar-refractivity contribution is 5.96. The molecule has 7 heteroatoms. The van der Waals surface area contributed by atoms with Crippen LogP contribution >= 0.6 is 0 Å². The van der Waals surface area contributed by atoms with Gasteiger partial charge in [-0.05, 0) is 38.2 Å². The van der Waals surface area contributed by atoms with E-state index in [0.29, 0.717) is 18.5 Å². The van der Waals surface area contributed by atoms with Crippen LogP contribution in [0.3, 0.4) is 0 Å². The Bertz CT molecular complexity index is 725. The van der Waals surface area contributed by atoms with Gasteiger partial charge in [0.25, 0.3) is 5.69 Å². The molecular formula is C19H23N3O4. The molecule has 0 bridgehead atoms. The lowest BCUT2D eigenvalue weighted by Crippen LogP contribution is -2.45. The molecule has 1 aliphatic heterocycles. The number of nitro benzene ring substituents is 1. The smallest absolute Gasteiger partial charge is 0.271 e. The predicted molar refractivity (Wildman–Crippen MR) is 97.5 cm³/mol. The number of carbonyl (C=O) groups is 2. The molecule has 1 aromatic rings. The summed E-state index contributed by atoms with van der Waals surface area (Å²) in [6.07, 6.45) is 8.12. The van der Waals surface area contributed by atoms with Crippen molar-refractivity contribution >= 4 is 23.2 Å². The van der Waals surface area contributed by atoms with E-state index in [1.165, 1.54) is 18.2 Å². The third-order valence-corrected chi connectivity index (χ3v) is 5.08. The number of hydrogen-bond acceptors (Lipinski definition) is 4. The van der Waals surface area contributed by atoms with Crippen LogP contribution in [0.25, 0.3) is 0 Å². The van der Waals surface area contributed by atoms with Crippen LogP contribution in [0, 0.1) is 22.0 Å². The molecule has 3 rings (SSSR count). The summed E-state index contributed by atoms with van der Waals surface area (Å²) in [5, 5.41) is 13.6. The molecule has 138 valence electrons. The second-order valence-corrected chi connectivity index (χ2v) is 6.84. The van der Waals surface area contributed by atoms with E-state index in [1.807, 2.05) is 17.1 Å². The number of likely N-dealkylation sites (tertiary alicyclic amines) is 1. The number of hydrogen-bond donors (Lipinski definition) is 1. The number of nitro groups is 1. The number of allylic oxidation sites excluding steroid dienone is 2. The molecule has 26 heavy (non-hydrogen) atoms. The molecule has 0 saturated carbocycles. The highest BCUT2D eigenvalue weighted by Crippen LogP contribution is 2.30. The van der Waals surface area contributed by atoms with Gasteiger partial charge in [0, 0.05) is 30.9 Å². The van der Waals surface area contributed by atoms with Crippen molar-refractivity contribution in [3.05, 3.63) is 46.5 Å². The van der Waals surface area contributed by atoms with Gasteiger partial charge in [-0.1, -0.05) is 18.2 Å². The average molecular weight is 357 g/mol. The molecular weight excluding hydrogens is 334 g/mol. The molecule has 0 radical (unpaired) electrons. The number of non-ortho nitro benzene ring substituents is 1. The molecule has 0 spiro atoms. The Morgan fingerprint density at radius 1 is 1.08 bits per heavy atom. The minimum atomic E-state index is -0.498. The van der Waals surface area contributed by atoms with Crippen molar-refractivity contribution in [1.29, 1.82) is 0 Å². The minimum Gasteiger partial charge on any atom is -0.342 e. The van der Waals surface area contributed by atoms with Gasteiger partial charge in [-0.25, -0.2) is 0 Å². The Labute approximate surface area is 152 Å². The van der Waals surface area contributed by atoms with Gasteiger partial charge >= 0.3 is 0 Å². The maximum atomic E-state index is 12.9. The highest BCUT2D eigenvalue weighted by Gasteiger charge is 2.36. The zero-order valence-corrected chi connectivity index (χ0v) is 14.6. The molecule has 2 aliphatic rings. The lowest BCUT2D eigenvalue weighted by atomic mass is 9.81. The Hall–Kier alpha value is -2.70. The molecule has 1 N–H and O–H groups in total. The first-order valence-corrected chi connectivity index (χ1v) is 9.05. The first kappa shape index (κ1) is 18.1. The molecule has 2 atom stereocenters. The van der Waals surface area contributed by atoms with E-state index >= 15 is 0 Å². The van der Waals surface area contributed by atoms with Crippen LogP contribution < -0.4 is 5.32 Å². The molecule has 2 amide bonds. The van der Waals surface area contributed by atoms with Gasteiger partial charge < -0.3 is 10.2 Å². The first-order chi connectivity index (χ1) is 12.6. The maximum Gasteiger partial charge on any atom is 0.271 e. The fraction of sp³-hybridized carbons (Fsp3) is 0.474. The summed E-state index contributed by atoms with van der Waals surface area (Å²) in [6, 6.07) is 5.86. The van der Waals surface area contributed by atoms with E-state index < -0.39 is 10.8 Å². The third kappa shape index (κ3) is 4.09. The Morgan fingerprint density at radius 2 is 1.77 bits per heavy atom. The maximum absolute atomic E-state index is 12.9. The van der Waals surface area contributed by atoms with Crippen LogP contribution in [0.15, 0.2) is 36.4 Å². The fourth-order valence-electron chi connectivity index (χ4n) is 3.66. The summed E-state index contributed by atoms with van der Waals surface area (Å²) in [5.74, 6) is -1.02. The van der Waals surface area contributed by atoms with E-state index in [0.717, 1.165) is 32.4 Å². The average Bonchev–Trinajstić information content (AvgIpc) is 2.68. The van der Waals surface area contributed by atoms with Crippen molar-refractivity contribution in [3.8, 4) is 0 Å². The predicted octanol–water partition coefficient (Wildman–Crippen LogP) is 3.13. The molecule has 1 aromatic carbocycles. The number of benzene rings is 1. The highest BCUT2D eigenvalue weighted by atomic mass is 16.6. The van der Waals surface area contributed by atoms with Crippen LogP contribution in [0.5, 0.6) is 0 Å². The van der Waals surface area contributed by atoms with Gasteiger partial charge in [0.05, 0.1) is 16.8 Å². The largest absolute Gasteiger partial charge is 0.342 e. The standard InChI is InChI=1S/C19H23N3O4/c23-18(20-14-7-6-8-15(13-14)22(25)26)16-9-2-3-10-17(16)19(24)21-11-4-1-5-12-21/h2-3,6-8,13,16-17H,1,4-5,9-12H2,(H,20,23)/t16-,17-/m1/s1. The Kier molecular flexibility index (Phi) is 5.65. The number of piperidine rings is 1. The van der Waals surface area contributed by atoms with E-state index in [9.17, 15) is 19.7 Å². The zero-order valence-electron chi connectivity index (χ0n) is 14.6. The van der Waals surface area contributed by atoms with Gasteiger partial charge in [0.15, 0.2) is 0 Å². The second kappa shape index (κ2) is 8.12. The molecule has 1 aliphatic carbocycles. The molecule has 0 unspecified atom stereocenters. The van der Waals surface area contributed by atoms with Crippen molar-refractivity contribution in [2.45, 2.75) is 32.1 Å². The van der Waals surface area contributed by atoms with Crippen molar-refractivity contribution in [2.24, 2.45) is 11.8 Å². The summed E-state index contributed by atoms with van der Waals surface area (Å²) in [7, 11) is 0. The molecule has 7 nitrogen and oxygen atoms in total. The van der Waals surface area contributed by atoms with E-state index in [-0.39, 0.29) is 23.4 Å². The molecule has 0 aromatic heterocycles. The van der Waals surface area contributed by atoms with Crippen molar-refractivity contribution in [2.75, 3.05) is 18.4 Å². The zero-order chi connectivity index (χ0) is 18.5. The number of rotatable bonds is 4. The number of anilines is 1.